The molecule has 2 aromatic carbocycles. The van der Waals surface area contributed by atoms with Crippen molar-refractivity contribution in [2.45, 2.75) is 32.5 Å². The molecular weight excluding hydrogens is 360 g/mol. The monoisotopic (exact) mass is 384 g/mol. The molecule has 28 heavy (non-hydrogen) atoms. The van der Waals surface area contributed by atoms with Crippen molar-refractivity contribution < 1.29 is 23.9 Å². The van der Waals surface area contributed by atoms with Crippen molar-refractivity contribution in [2.75, 3.05) is 6.54 Å². The Kier molecular flexibility index (Phi) is 8.02. The van der Waals surface area contributed by atoms with Gasteiger partial charge in [0.1, 0.15) is 5.75 Å². The third kappa shape index (κ3) is 6.12. The Morgan fingerprint density at radius 2 is 1.54 bits per heavy atom. The second-order valence-electron chi connectivity index (χ2n) is 5.90. The average Bonchev–Trinajstić information content (AvgIpc) is 2.71. The number of rotatable bonds is 8. The van der Waals surface area contributed by atoms with Crippen LogP contribution in [0.2, 0.25) is 0 Å². The Balaban J connectivity index is 2.15. The van der Waals surface area contributed by atoms with E-state index in [2.05, 4.69) is 10.6 Å². The molecule has 0 spiro atoms. The highest BCUT2D eigenvalue weighted by Crippen LogP contribution is 2.20. The van der Waals surface area contributed by atoms with Crippen LogP contribution in [-0.2, 0) is 14.3 Å². The normalized spacial score (nSPS) is 12.4. The van der Waals surface area contributed by atoms with Crippen LogP contribution in [-0.4, -0.2) is 30.6 Å². The van der Waals surface area contributed by atoms with E-state index in [1.165, 1.54) is 0 Å². The Bertz CT molecular complexity index is 780. The Labute approximate surface area is 164 Å². The first-order chi connectivity index (χ1) is 13.5. The van der Waals surface area contributed by atoms with Gasteiger partial charge < -0.3 is 14.8 Å². The number of benzene rings is 2. The van der Waals surface area contributed by atoms with Crippen LogP contribution in [0, 0.1) is 0 Å². The van der Waals surface area contributed by atoms with Gasteiger partial charge in [0.25, 0.3) is 5.91 Å². The van der Waals surface area contributed by atoms with Gasteiger partial charge in [0.2, 0.25) is 6.10 Å². The lowest BCUT2D eigenvalue weighted by atomic mass is 10.1. The zero-order chi connectivity index (χ0) is 20.4. The number of imide groups is 1. The fraction of sp³-hybridized carbons (Fsp3) is 0.286. The van der Waals surface area contributed by atoms with Crippen molar-refractivity contribution in [1.82, 2.24) is 10.6 Å². The van der Waals surface area contributed by atoms with E-state index in [0.717, 1.165) is 0 Å². The lowest BCUT2D eigenvalue weighted by Gasteiger charge is -2.21. The molecule has 0 aliphatic heterocycles. The lowest BCUT2D eigenvalue weighted by Crippen LogP contribution is -2.43. The molecule has 0 radical (unpaired) electrons. The summed E-state index contributed by atoms with van der Waals surface area (Å²) in [6.07, 6.45) is -1.80. The molecule has 7 nitrogen and oxygen atoms in total. The number of hydrogen-bond donors (Lipinski definition) is 2. The van der Waals surface area contributed by atoms with Gasteiger partial charge in [-0.05, 0) is 25.5 Å². The minimum absolute atomic E-state index is 0.354. The van der Waals surface area contributed by atoms with Crippen LogP contribution in [0.1, 0.15) is 31.9 Å². The third-order valence-electron chi connectivity index (χ3n) is 3.80. The van der Waals surface area contributed by atoms with Crippen molar-refractivity contribution in [3.63, 3.8) is 0 Å². The van der Waals surface area contributed by atoms with Gasteiger partial charge in [-0.1, -0.05) is 55.5 Å². The van der Waals surface area contributed by atoms with E-state index in [-0.39, 0.29) is 0 Å². The summed E-state index contributed by atoms with van der Waals surface area (Å²) < 4.78 is 11.1. The molecule has 0 fully saturated rings. The summed E-state index contributed by atoms with van der Waals surface area (Å²) in [6, 6.07) is 16.7. The number of hydrogen-bond acceptors (Lipinski definition) is 5. The Hall–Kier alpha value is -3.35. The van der Waals surface area contributed by atoms with Gasteiger partial charge in [-0.3, -0.25) is 10.1 Å². The van der Waals surface area contributed by atoms with E-state index >= 15 is 0 Å². The van der Waals surface area contributed by atoms with Gasteiger partial charge in [-0.15, -0.1) is 0 Å². The molecule has 148 valence electrons. The van der Waals surface area contributed by atoms with Gasteiger partial charge in [0, 0.05) is 12.1 Å². The van der Waals surface area contributed by atoms with Crippen LogP contribution < -0.4 is 15.4 Å². The summed E-state index contributed by atoms with van der Waals surface area (Å²) >= 11 is 0. The van der Waals surface area contributed by atoms with Gasteiger partial charge >= 0.3 is 12.0 Å². The zero-order valence-corrected chi connectivity index (χ0v) is 15.9. The van der Waals surface area contributed by atoms with E-state index in [1.807, 2.05) is 6.07 Å². The topological polar surface area (TPSA) is 93.7 Å². The standard InChI is InChI=1S/C21H24N2O5/c1-3-17(27-16-13-9-6-10-14-16)20(25)28-18(15-11-7-5-8-12-15)19(24)23-21(26)22-4-2/h5-14,17-18H,3-4H2,1-2H3,(H2,22,23,24,26)/t17-,18+/m1/s1. The predicted octanol–water partition coefficient (Wildman–Crippen LogP) is 2.97. The number of amides is 3. The fourth-order valence-corrected chi connectivity index (χ4v) is 2.44. The Morgan fingerprint density at radius 3 is 2.11 bits per heavy atom. The number of urea groups is 1. The second-order valence-corrected chi connectivity index (χ2v) is 5.90. The van der Waals surface area contributed by atoms with Crippen molar-refractivity contribution >= 4 is 17.9 Å². The molecule has 2 N–H and O–H groups in total. The number of ether oxygens (including phenoxy) is 2. The minimum atomic E-state index is -1.27. The lowest BCUT2D eigenvalue weighted by molar-refractivity contribution is -0.163. The molecule has 0 aliphatic rings. The van der Waals surface area contributed by atoms with E-state index in [9.17, 15) is 14.4 Å². The minimum Gasteiger partial charge on any atom is -0.479 e. The van der Waals surface area contributed by atoms with E-state index in [0.29, 0.717) is 24.3 Å². The highest BCUT2D eigenvalue weighted by atomic mass is 16.6. The molecule has 2 aromatic rings. The van der Waals surface area contributed by atoms with Crippen molar-refractivity contribution in [2.24, 2.45) is 0 Å². The molecule has 0 saturated carbocycles. The SMILES string of the molecule is CCNC(=O)NC(=O)[C@@H](OC(=O)[C@@H](CC)Oc1ccccc1)c1ccccc1. The summed E-state index contributed by atoms with van der Waals surface area (Å²) in [5.74, 6) is -0.902. The average molecular weight is 384 g/mol. The smallest absolute Gasteiger partial charge is 0.348 e. The first-order valence-electron chi connectivity index (χ1n) is 9.11. The van der Waals surface area contributed by atoms with Crippen molar-refractivity contribution in [3.05, 3.63) is 66.2 Å². The summed E-state index contributed by atoms with van der Waals surface area (Å²) in [4.78, 5) is 36.9. The van der Waals surface area contributed by atoms with Gasteiger partial charge in [0.15, 0.2) is 6.10 Å². The quantitative estimate of drug-likeness (QED) is 0.683. The summed E-state index contributed by atoms with van der Waals surface area (Å²) in [7, 11) is 0. The van der Waals surface area contributed by atoms with Crippen LogP contribution in [0.3, 0.4) is 0 Å². The van der Waals surface area contributed by atoms with Gasteiger partial charge in [0.05, 0.1) is 0 Å². The second kappa shape index (κ2) is 10.7. The zero-order valence-electron chi connectivity index (χ0n) is 15.9. The maximum Gasteiger partial charge on any atom is 0.348 e. The van der Waals surface area contributed by atoms with Crippen molar-refractivity contribution in [3.8, 4) is 5.75 Å². The number of esters is 1. The van der Waals surface area contributed by atoms with Gasteiger partial charge in [-0.2, -0.15) is 0 Å². The third-order valence-corrected chi connectivity index (χ3v) is 3.80. The molecule has 2 atom stereocenters. The van der Waals surface area contributed by atoms with Crippen LogP contribution in [0.25, 0.3) is 0 Å². The molecule has 0 heterocycles. The van der Waals surface area contributed by atoms with Gasteiger partial charge in [-0.25, -0.2) is 9.59 Å². The van der Waals surface area contributed by atoms with Crippen LogP contribution in [0.15, 0.2) is 60.7 Å². The molecule has 2 rings (SSSR count). The number of para-hydroxylation sites is 1. The van der Waals surface area contributed by atoms with Crippen molar-refractivity contribution in [1.29, 1.82) is 0 Å². The summed E-state index contributed by atoms with van der Waals surface area (Å²) in [5.41, 5.74) is 0.451. The largest absolute Gasteiger partial charge is 0.479 e. The molecule has 0 saturated heterocycles. The molecule has 0 aliphatic carbocycles. The summed E-state index contributed by atoms with van der Waals surface area (Å²) in [5, 5.41) is 4.65. The molecule has 0 aromatic heterocycles. The predicted molar refractivity (Wildman–Crippen MR) is 104 cm³/mol. The molecule has 0 bridgehead atoms. The molecule has 0 unspecified atom stereocenters. The van der Waals surface area contributed by atoms with Crippen LogP contribution in [0.4, 0.5) is 4.79 Å². The molecular formula is C21H24N2O5. The van der Waals surface area contributed by atoms with E-state index in [4.69, 9.17) is 9.47 Å². The molecule has 7 heteroatoms. The highest BCUT2D eigenvalue weighted by Gasteiger charge is 2.30. The first-order valence-corrected chi connectivity index (χ1v) is 9.11. The van der Waals surface area contributed by atoms with Crippen LogP contribution >= 0.6 is 0 Å². The summed E-state index contributed by atoms with van der Waals surface area (Å²) in [6.45, 7) is 3.87. The van der Waals surface area contributed by atoms with E-state index in [1.54, 1.807) is 68.4 Å². The fourth-order valence-electron chi connectivity index (χ4n) is 2.44. The number of carbonyl (C=O) groups excluding carboxylic acids is 3. The highest BCUT2D eigenvalue weighted by molar-refractivity contribution is 5.97. The number of carbonyl (C=O) groups is 3. The van der Waals surface area contributed by atoms with E-state index < -0.39 is 30.1 Å². The maximum atomic E-state index is 12.7. The van der Waals surface area contributed by atoms with Crippen LogP contribution in [0.5, 0.6) is 5.75 Å². The maximum absolute atomic E-state index is 12.7. The first kappa shape index (κ1) is 21.0. The molecule has 3 amide bonds. The number of nitrogens with one attached hydrogen (secondary N) is 2. The Morgan fingerprint density at radius 1 is 0.929 bits per heavy atom.